The quantitative estimate of drug-likeness (QED) is 0.888. The van der Waals surface area contributed by atoms with Crippen molar-refractivity contribution in [3.05, 3.63) is 59.9 Å². The third-order valence-electron chi connectivity index (χ3n) is 4.05. The molecule has 1 aliphatic heterocycles. The number of amides is 1. The van der Waals surface area contributed by atoms with E-state index in [0.29, 0.717) is 24.2 Å². The number of carbonyl (C=O) groups is 1. The average molecular weight is 362 g/mol. The maximum absolute atomic E-state index is 12.9. The van der Waals surface area contributed by atoms with Crippen LogP contribution in [0.15, 0.2) is 48.5 Å². The molecule has 1 N–H and O–H groups in total. The highest BCUT2D eigenvalue weighted by Gasteiger charge is 2.19. The molecule has 1 saturated heterocycles. The van der Waals surface area contributed by atoms with E-state index in [1.165, 1.54) is 24.3 Å². The summed E-state index contributed by atoms with van der Waals surface area (Å²) in [7, 11) is -3.60. The van der Waals surface area contributed by atoms with Gasteiger partial charge < -0.3 is 4.90 Å². The first-order valence-electron chi connectivity index (χ1n) is 8.08. The van der Waals surface area contributed by atoms with Gasteiger partial charge in [0.05, 0.1) is 5.75 Å². The highest BCUT2D eigenvalue weighted by molar-refractivity contribution is 7.91. The molecule has 0 unspecified atom stereocenters. The average Bonchev–Trinajstić information content (AvgIpc) is 2.58. The highest BCUT2D eigenvalue weighted by atomic mass is 32.2. The van der Waals surface area contributed by atoms with Crippen LogP contribution in [0.5, 0.6) is 0 Å². The highest BCUT2D eigenvalue weighted by Crippen LogP contribution is 2.23. The van der Waals surface area contributed by atoms with Crippen LogP contribution in [0.4, 0.5) is 15.8 Å². The van der Waals surface area contributed by atoms with Crippen molar-refractivity contribution in [2.75, 3.05) is 16.2 Å². The zero-order valence-corrected chi connectivity index (χ0v) is 14.4. The Hall–Kier alpha value is -2.41. The van der Waals surface area contributed by atoms with E-state index in [0.717, 1.165) is 18.5 Å². The number of rotatable bonds is 5. The van der Waals surface area contributed by atoms with Crippen molar-refractivity contribution in [1.82, 2.24) is 0 Å². The van der Waals surface area contributed by atoms with E-state index in [9.17, 15) is 17.6 Å². The molecule has 0 aliphatic carbocycles. The molecule has 1 amide bonds. The Morgan fingerprint density at radius 2 is 1.68 bits per heavy atom. The van der Waals surface area contributed by atoms with Crippen LogP contribution in [0.2, 0.25) is 0 Å². The number of piperidine rings is 1. The van der Waals surface area contributed by atoms with Crippen molar-refractivity contribution in [2.45, 2.75) is 25.0 Å². The van der Waals surface area contributed by atoms with Gasteiger partial charge in [-0.25, -0.2) is 12.8 Å². The molecular formula is C18H19FN2O3S. The molecule has 0 aromatic heterocycles. The van der Waals surface area contributed by atoms with Gasteiger partial charge in [-0.2, -0.15) is 0 Å². The fourth-order valence-corrected chi connectivity index (χ4v) is 4.00. The van der Waals surface area contributed by atoms with Crippen LogP contribution >= 0.6 is 0 Å². The Bertz CT molecular complexity index is 849. The molecule has 1 fully saturated rings. The van der Waals surface area contributed by atoms with Crippen LogP contribution in [0.25, 0.3) is 0 Å². The lowest BCUT2D eigenvalue weighted by Crippen LogP contribution is -2.35. The summed E-state index contributed by atoms with van der Waals surface area (Å²) in [5, 5.41) is 0. The lowest BCUT2D eigenvalue weighted by molar-refractivity contribution is -0.119. The van der Waals surface area contributed by atoms with Crippen LogP contribution in [-0.2, 0) is 20.6 Å². The number of hydrogen-bond acceptors (Lipinski definition) is 3. The van der Waals surface area contributed by atoms with Crippen molar-refractivity contribution in [2.24, 2.45) is 0 Å². The molecule has 0 saturated carbocycles. The maximum atomic E-state index is 12.9. The summed E-state index contributed by atoms with van der Waals surface area (Å²) >= 11 is 0. The second kappa shape index (κ2) is 7.23. The second-order valence-corrected chi connectivity index (χ2v) is 7.76. The first-order valence-corrected chi connectivity index (χ1v) is 9.73. The number of nitrogens with one attached hydrogen (secondary N) is 1. The normalized spacial score (nSPS) is 15.2. The summed E-state index contributed by atoms with van der Waals surface area (Å²) in [4.78, 5) is 13.6. The summed E-state index contributed by atoms with van der Waals surface area (Å²) in [6.45, 7) is 0.689. The van der Waals surface area contributed by atoms with E-state index in [-0.39, 0.29) is 11.7 Å². The minimum atomic E-state index is -3.60. The number of benzene rings is 2. The zero-order valence-electron chi connectivity index (χ0n) is 13.6. The number of hydrogen-bond donors (Lipinski definition) is 1. The predicted molar refractivity (Wildman–Crippen MR) is 95.3 cm³/mol. The molecule has 1 heterocycles. The standard InChI is InChI=1S/C18H19FN2O3S/c19-15-6-4-14(5-7-15)13-25(23,24)20-16-8-10-17(11-9-16)21-12-2-1-3-18(21)22/h4-11,20H,1-3,12-13H2. The van der Waals surface area contributed by atoms with Crippen molar-refractivity contribution >= 4 is 27.3 Å². The molecule has 0 spiro atoms. The molecule has 7 heteroatoms. The van der Waals surface area contributed by atoms with Crippen molar-refractivity contribution in [1.29, 1.82) is 0 Å². The van der Waals surface area contributed by atoms with E-state index in [1.807, 2.05) is 0 Å². The first-order chi connectivity index (χ1) is 11.9. The number of nitrogens with zero attached hydrogens (tertiary/aromatic N) is 1. The van der Waals surface area contributed by atoms with Gasteiger partial charge in [-0.15, -0.1) is 0 Å². The SMILES string of the molecule is O=C1CCCCN1c1ccc(NS(=O)(=O)Cc2ccc(F)cc2)cc1. The van der Waals surface area contributed by atoms with Gasteiger partial charge in [0.15, 0.2) is 0 Å². The Labute approximate surface area is 146 Å². The van der Waals surface area contributed by atoms with E-state index >= 15 is 0 Å². The Balaban J connectivity index is 1.67. The molecule has 132 valence electrons. The van der Waals surface area contributed by atoms with Gasteiger partial charge in [0.1, 0.15) is 5.82 Å². The molecule has 0 bridgehead atoms. The Morgan fingerprint density at radius 3 is 2.32 bits per heavy atom. The smallest absolute Gasteiger partial charge is 0.236 e. The van der Waals surface area contributed by atoms with E-state index < -0.39 is 15.8 Å². The third kappa shape index (κ3) is 4.57. The summed E-state index contributed by atoms with van der Waals surface area (Å²) in [5.41, 5.74) is 1.70. The van der Waals surface area contributed by atoms with Crippen molar-refractivity contribution < 1.29 is 17.6 Å². The van der Waals surface area contributed by atoms with E-state index in [2.05, 4.69) is 4.72 Å². The molecule has 2 aromatic rings. The van der Waals surface area contributed by atoms with E-state index in [4.69, 9.17) is 0 Å². The van der Waals surface area contributed by atoms with Gasteiger partial charge in [0.25, 0.3) is 0 Å². The van der Waals surface area contributed by atoms with Gasteiger partial charge in [-0.05, 0) is 54.8 Å². The Kier molecular flexibility index (Phi) is 5.03. The molecule has 1 aliphatic rings. The summed E-state index contributed by atoms with van der Waals surface area (Å²) in [6.07, 6.45) is 2.43. The maximum Gasteiger partial charge on any atom is 0.236 e. The van der Waals surface area contributed by atoms with Crippen molar-refractivity contribution in [3.63, 3.8) is 0 Å². The zero-order chi connectivity index (χ0) is 17.9. The number of sulfonamides is 1. The first kappa shape index (κ1) is 17.4. The lowest BCUT2D eigenvalue weighted by atomic mass is 10.1. The van der Waals surface area contributed by atoms with Gasteiger partial charge in [-0.3, -0.25) is 9.52 Å². The topological polar surface area (TPSA) is 66.5 Å². The van der Waals surface area contributed by atoms with E-state index in [1.54, 1.807) is 29.2 Å². The third-order valence-corrected chi connectivity index (χ3v) is 5.31. The molecular weight excluding hydrogens is 343 g/mol. The fraction of sp³-hybridized carbons (Fsp3) is 0.278. The lowest BCUT2D eigenvalue weighted by Gasteiger charge is -2.26. The van der Waals surface area contributed by atoms with Gasteiger partial charge in [0.2, 0.25) is 15.9 Å². The van der Waals surface area contributed by atoms with Crippen LogP contribution in [0, 0.1) is 5.82 Å². The fourth-order valence-electron chi connectivity index (χ4n) is 2.80. The predicted octanol–water partition coefficient (Wildman–Crippen LogP) is 3.28. The largest absolute Gasteiger partial charge is 0.312 e. The van der Waals surface area contributed by atoms with Crippen molar-refractivity contribution in [3.8, 4) is 0 Å². The van der Waals surface area contributed by atoms with Crippen LogP contribution < -0.4 is 9.62 Å². The van der Waals surface area contributed by atoms with Crippen LogP contribution in [0.3, 0.4) is 0 Å². The van der Waals surface area contributed by atoms with Gasteiger partial charge >= 0.3 is 0 Å². The molecule has 3 rings (SSSR count). The van der Waals surface area contributed by atoms with Gasteiger partial charge in [0, 0.05) is 24.3 Å². The molecule has 0 radical (unpaired) electrons. The molecule has 25 heavy (non-hydrogen) atoms. The number of carbonyl (C=O) groups excluding carboxylic acids is 1. The molecule has 5 nitrogen and oxygen atoms in total. The minimum absolute atomic E-state index is 0.0934. The Morgan fingerprint density at radius 1 is 1.00 bits per heavy atom. The van der Waals surface area contributed by atoms with Crippen LogP contribution in [0.1, 0.15) is 24.8 Å². The second-order valence-electron chi connectivity index (χ2n) is 6.04. The van der Waals surface area contributed by atoms with Crippen LogP contribution in [-0.4, -0.2) is 20.9 Å². The van der Waals surface area contributed by atoms with Gasteiger partial charge in [-0.1, -0.05) is 12.1 Å². The minimum Gasteiger partial charge on any atom is -0.312 e. The molecule has 2 aromatic carbocycles. The number of halogens is 1. The monoisotopic (exact) mass is 362 g/mol. The summed E-state index contributed by atoms with van der Waals surface area (Å²) in [6, 6.07) is 12.1. The molecule has 0 atom stereocenters. The summed E-state index contributed by atoms with van der Waals surface area (Å²) < 4.78 is 39.8. The summed E-state index contributed by atoms with van der Waals surface area (Å²) in [5.74, 6) is -0.549. The number of anilines is 2.